The van der Waals surface area contributed by atoms with Crippen LogP contribution in [-0.4, -0.2) is 48.3 Å². The third kappa shape index (κ3) is 4.65. The van der Waals surface area contributed by atoms with Crippen molar-refractivity contribution < 1.29 is 14.6 Å². The van der Waals surface area contributed by atoms with Gasteiger partial charge in [-0.25, -0.2) is 0 Å². The maximum Gasteiger partial charge on any atom is 0.305 e. The molecule has 2 rings (SSSR count). The number of carbonyl (C=O) groups is 1. The van der Waals surface area contributed by atoms with E-state index in [1.54, 1.807) is 0 Å². The first kappa shape index (κ1) is 14.0. The SMILES string of the molecule is O=C(O)C[C@H]1COCCN1CCCc1ccccc1. The van der Waals surface area contributed by atoms with Gasteiger partial charge in [-0.15, -0.1) is 0 Å². The van der Waals surface area contributed by atoms with E-state index < -0.39 is 5.97 Å². The fourth-order valence-corrected chi connectivity index (χ4v) is 2.50. The molecule has 0 saturated carbocycles. The minimum absolute atomic E-state index is 0.0297. The molecule has 4 heteroatoms. The van der Waals surface area contributed by atoms with Gasteiger partial charge in [0.25, 0.3) is 0 Å². The zero-order valence-corrected chi connectivity index (χ0v) is 11.1. The molecule has 1 aromatic rings. The predicted octanol–water partition coefficient (Wildman–Crippen LogP) is 1.79. The summed E-state index contributed by atoms with van der Waals surface area (Å²) in [6.07, 6.45) is 2.27. The van der Waals surface area contributed by atoms with E-state index in [0.717, 1.165) is 25.9 Å². The van der Waals surface area contributed by atoms with Crippen LogP contribution in [0.15, 0.2) is 30.3 Å². The summed E-state index contributed by atoms with van der Waals surface area (Å²) in [7, 11) is 0. The van der Waals surface area contributed by atoms with E-state index in [2.05, 4.69) is 29.2 Å². The maximum atomic E-state index is 10.8. The second kappa shape index (κ2) is 7.26. The first-order chi connectivity index (χ1) is 9.25. The topological polar surface area (TPSA) is 49.8 Å². The van der Waals surface area contributed by atoms with Gasteiger partial charge in [-0.3, -0.25) is 9.69 Å². The highest BCUT2D eigenvalue weighted by Crippen LogP contribution is 2.12. The van der Waals surface area contributed by atoms with Crippen LogP contribution < -0.4 is 0 Å². The van der Waals surface area contributed by atoms with Crippen molar-refractivity contribution in [3.8, 4) is 0 Å². The van der Waals surface area contributed by atoms with Crippen molar-refractivity contribution in [2.45, 2.75) is 25.3 Å². The molecule has 1 N–H and O–H groups in total. The van der Waals surface area contributed by atoms with Crippen molar-refractivity contribution in [3.05, 3.63) is 35.9 Å². The quantitative estimate of drug-likeness (QED) is 0.850. The van der Waals surface area contributed by atoms with Crippen LogP contribution in [0.1, 0.15) is 18.4 Å². The smallest absolute Gasteiger partial charge is 0.305 e. The highest BCUT2D eigenvalue weighted by molar-refractivity contribution is 5.67. The number of carboxylic acid groups (broad SMARTS) is 1. The van der Waals surface area contributed by atoms with E-state index in [9.17, 15) is 4.79 Å². The lowest BCUT2D eigenvalue weighted by atomic mass is 10.1. The molecule has 104 valence electrons. The summed E-state index contributed by atoms with van der Waals surface area (Å²) in [6, 6.07) is 10.4. The van der Waals surface area contributed by atoms with Crippen LogP contribution in [0, 0.1) is 0 Å². The number of aliphatic carboxylic acids is 1. The molecule has 0 bridgehead atoms. The van der Waals surface area contributed by atoms with Crippen LogP contribution in [0.4, 0.5) is 0 Å². The minimum atomic E-state index is -0.747. The van der Waals surface area contributed by atoms with Gasteiger partial charge in [0, 0.05) is 12.6 Å². The molecular formula is C15H21NO3. The average molecular weight is 263 g/mol. The van der Waals surface area contributed by atoms with E-state index in [-0.39, 0.29) is 12.5 Å². The number of morpholine rings is 1. The van der Waals surface area contributed by atoms with Crippen molar-refractivity contribution in [2.75, 3.05) is 26.3 Å². The summed E-state index contributed by atoms with van der Waals surface area (Å²) in [4.78, 5) is 13.1. The van der Waals surface area contributed by atoms with Crippen molar-refractivity contribution in [1.29, 1.82) is 0 Å². The summed E-state index contributed by atoms with van der Waals surface area (Å²) in [5.74, 6) is -0.747. The Morgan fingerprint density at radius 2 is 2.16 bits per heavy atom. The molecule has 0 radical (unpaired) electrons. The standard InChI is InChI=1S/C15H21NO3/c17-15(18)11-14-12-19-10-9-16(14)8-4-7-13-5-2-1-3-6-13/h1-3,5-6,14H,4,7-12H2,(H,17,18)/t14-/m0/s1. The zero-order chi connectivity index (χ0) is 13.5. The normalized spacial score (nSPS) is 20.3. The van der Waals surface area contributed by atoms with E-state index in [0.29, 0.717) is 13.2 Å². The Balaban J connectivity index is 1.78. The van der Waals surface area contributed by atoms with Crippen LogP contribution in [0.2, 0.25) is 0 Å². The van der Waals surface area contributed by atoms with E-state index >= 15 is 0 Å². The average Bonchev–Trinajstić information content (AvgIpc) is 2.41. The second-order valence-electron chi connectivity index (χ2n) is 4.95. The van der Waals surface area contributed by atoms with E-state index in [1.165, 1.54) is 5.56 Å². The molecule has 1 aliphatic rings. The molecule has 1 atom stereocenters. The summed E-state index contributed by atoms with van der Waals surface area (Å²) >= 11 is 0. The van der Waals surface area contributed by atoms with E-state index in [4.69, 9.17) is 9.84 Å². The number of aryl methyl sites for hydroxylation is 1. The van der Waals surface area contributed by atoms with Gasteiger partial charge in [-0.05, 0) is 24.9 Å². The Labute approximate surface area is 114 Å². The molecule has 1 saturated heterocycles. The highest BCUT2D eigenvalue weighted by atomic mass is 16.5. The van der Waals surface area contributed by atoms with Crippen LogP contribution in [0.25, 0.3) is 0 Å². The molecule has 1 heterocycles. The van der Waals surface area contributed by atoms with E-state index in [1.807, 2.05) is 6.07 Å². The molecule has 0 spiro atoms. The molecule has 0 unspecified atom stereocenters. The zero-order valence-electron chi connectivity index (χ0n) is 11.1. The molecule has 19 heavy (non-hydrogen) atoms. The molecule has 1 aliphatic heterocycles. The second-order valence-corrected chi connectivity index (χ2v) is 4.95. The van der Waals surface area contributed by atoms with Gasteiger partial charge in [0.15, 0.2) is 0 Å². The summed E-state index contributed by atoms with van der Waals surface area (Å²) in [6.45, 7) is 3.03. The van der Waals surface area contributed by atoms with Crippen molar-refractivity contribution in [3.63, 3.8) is 0 Å². The number of nitrogens with zero attached hydrogens (tertiary/aromatic N) is 1. The van der Waals surface area contributed by atoms with Crippen molar-refractivity contribution >= 4 is 5.97 Å². The van der Waals surface area contributed by atoms with Gasteiger partial charge in [-0.1, -0.05) is 30.3 Å². The van der Waals surface area contributed by atoms with Gasteiger partial charge in [-0.2, -0.15) is 0 Å². The first-order valence-electron chi connectivity index (χ1n) is 6.83. The van der Waals surface area contributed by atoms with Gasteiger partial charge in [0.2, 0.25) is 0 Å². The monoisotopic (exact) mass is 263 g/mol. The Morgan fingerprint density at radius 3 is 2.89 bits per heavy atom. The fourth-order valence-electron chi connectivity index (χ4n) is 2.50. The number of hydrogen-bond acceptors (Lipinski definition) is 3. The molecule has 0 aromatic heterocycles. The Morgan fingerprint density at radius 1 is 1.37 bits per heavy atom. The predicted molar refractivity (Wildman–Crippen MR) is 73.2 cm³/mol. The lowest BCUT2D eigenvalue weighted by molar-refractivity contribution is -0.140. The van der Waals surface area contributed by atoms with Crippen LogP contribution >= 0.6 is 0 Å². The Kier molecular flexibility index (Phi) is 5.36. The molecule has 1 fully saturated rings. The third-order valence-electron chi connectivity index (χ3n) is 3.51. The molecule has 4 nitrogen and oxygen atoms in total. The lowest BCUT2D eigenvalue weighted by Crippen LogP contribution is -2.46. The van der Waals surface area contributed by atoms with Gasteiger partial charge in [0.05, 0.1) is 19.6 Å². The fraction of sp³-hybridized carbons (Fsp3) is 0.533. The van der Waals surface area contributed by atoms with Gasteiger partial charge in [0.1, 0.15) is 0 Å². The third-order valence-corrected chi connectivity index (χ3v) is 3.51. The number of hydrogen-bond donors (Lipinski definition) is 1. The van der Waals surface area contributed by atoms with Crippen molar-refractivity contribution in [2.24, 2.45) is 0 Å². The maximum absolute atomic E-state index is 10.8. The number of carboxylic acids is 1. The Hall–Kier alpha value is -1.39. The number of benzene rings is 1. The summed E-state index contributed by atoms with van der Waals surface area (Å²) in [5.41, 5.74) is 1.34. The molecule has 1 aromatic carbocycles. The number of rotatable bonds is 6. The van der Waals surface area contributed by atoms with Crippen LogP contribution in [0.5, 0.6) is 0 Å². The van der Waals surface area contributed by atoms with Crippen LogP contribution in [-0.2, 0) is 16.0 Å². The molecule has 0 amide bonds. The first-order valence-corrected chi connectivity index (χ1v) is 6.83. The minimum Gasteiger partial charge on any atom is -0.481 e. The lowest BCUT2D eigenvalue weighted by Gasteiger charge is -2.34. The highest BCUT2D eigenvalue weighted by Gasteiger charge is 2.24. The summed E-state index contributed by atoms with van der Waals surface area (Å²) < 4.78 is 5.37. The van der Waals surface area contributed by atoms with Gasteiger partial charge < -0.3 is 9.84 Å². The van der Waals surface area contributed by atoms with Crippen LogP contribution in [0.3, 0.4) is 0 Å². The molecular weight excluding hydrogens is 242 g/mol. The summed E-state index contributed by atoms with van der Waals surface area (Å²) in [5, 5.41) is 8.90. The number of ether oxygens (including phenoxy) is 1. The van der Waals surface area contributed by atoms with Crippen molar-refractivity contribution in [1.82, 2.24) is 4.90 Å². The Bertz CT molecular complexity index is 394. The van der Waals surface area contributed by atoms with Gasteiger partial charge >= 0.3 is 5.97 Å². The largest absolute Gasteiger partial charge is 0.481 e. The molecule has 0 aliphatic carbocycles.